The number of amides is 1. The summed E-state index contributed by atoms with van der Waals surface area (Å²) >= 11 is 1.82. The molecule has 0 aromatic rings. The van der Waals surface area contributed by atoms with Gasteiger partial charge in [0.05, 0.1) is 5.03 Å². The first-order valence-electron chi connectivity index (χ1n) is 5.22. The van der Waals surface area contributed by atoms with Gasteiger partial charge in [-0.15, -0.1) is 11.8 Å². The fraction of sp³-hybridized carbons (Fsp3) is 0.727. The molecule has 1 aliphatic rings. The van der Waals surface area contributed by atoms with E-state index in [4.69, 9.17) is 0 Å². The van der Waals surface area contributed by atoms with Crippen LogP contribution in [-0.2, 0) is 4.79 Å². The molecule has 0 radical (unpaired) electrons. The van der Waals surface area contributed by atoms with E-state index in [0.29, 0.717) is 6.42 Å². The second-order valence-electron chi connectivity index (χ2n) is 3.89. The van der Waals surface area contributed by atoms with Crippen LogP contribution < -0.4 is 0 Å². The van der Waals surface area contributed by atoms with Crippen LogP contribution in [0, 0.1) is 0 Å². The van der Waals surface area contributed by atoms with Crippen LogP contribution in [0.2, 0.25) is 0 Å². The molecular formula is C11H19NOS. The van der Waals surface area contributed by atoms with E-state index >= 15 is 0 Å². The Balaban J connectivity index is 2.97. The molecule has 0 bridgehead atoms. The first-order valence-corrected chi connectivity index (χ1v) is 6.21. The molecule has 1 rings (SSSR count). The van der Waals surface area contributed by atoms with Crippen molar-refractivity contribution in [3.05, 3.63) is 10.6 Å². The highest BCUT2D eigenvalue weighted by Crippen LogP contribution is 2.32. The van der Waals surface area contributed by atoms with E-state index in [1.165, 1.54) is 10.6 Å². The van der Waals surface area contributed by atoms with Crippen molar-refractivity contribution in [1.82, 2.24) is 4.90 Å². The summed E-state index contributed by atoms with van der Waals surface area (Å²) < 4.78 is 0. The van der Waals surface area contributed by atoms with Gasteiger partial charge in [0.15, 0.2) is 0 Å². The predicted molar refractivity (Wildman–Crippen MR) is 62.0 cm³/mol. The van der Waals surface area contributed by atoms with E-state index in [-0.39, 0.29) is 11.9 Å². The smallest absolute Gasteiger partial charge is 0.228 e. The van der Waals surface area contributed by atoms with Gasteiger partial charge in [0.25, 0.3) is 0 Å². The average Bonchev–Trinajstić information content (AvgIpc) is 2.15. The van der Waals surface area contributed by atoms with Crippen LogP contribution in [-0.4, -0.2) is 22.6 Å². The lowest BCUT2D eigenvalue weighted by molar-refractivity contribution is -0.130. The zero-order chi connectivity index (χ0) is 10.7. The molecule has 3 heteroatoms. The second-order valence-corrected chi connectivity index (χ2v) is 4.98. The predicted octanol–water partition coefficient (Wildman–Crippen LogP) is 3.00. The molecule has 0 N–H and O–H groups in total. The first-order chi connectivity index (χ1) is 6.57. The highest BCUT2D eigenvalue weighted by Gasteiger charge is 2.26. The van der Waals surface area contributed by atoms with Crippen LogP contribution in [0.4, 0.5) is 0 Å². The topological polar surface area (TPSA) is 20.3 Å². The van der Waals surface area contributed by atoms with Gasteiger partial charge in [-0.25, -0.2) is 0 Å². The van der Waals surface area contributed by atoms with Gasteiger partial charge in [-0.05, 0) is 32.8 Å². The first kappa shape index (κ1) is 11.6. The van der Waals surface area contributed by atoms with Crippen LogP contribution in [0.5, 0.6) is 0 Å². The molecule has 80 valence electrons. The Morgan fingerprint density at radius 2 is 2.21 bits per heavy atom. The molecule has 0 saturated carbocycles. The van der Waals surface area contributed by atoms with Gasteiger partial charge in [-0.3, -0.25) is 4.79 Å². The van der Waals surface area contributed by atoms with Crippen molar-refractivity contribution in [3.63, 3.8) is 0 Å². The molecule has 0 aromatic heterocycles. The van der Waals surface area contributed by atoms with Crippen molar-refractivity contribution >= 4 is 17.7 Å². The van der Waals surface area contributed by atoms with E-state index < -0.39 is 0 Å². The fourth-order valence-corrected chi connectivity index (χ4v) is 2.85. The number of carbonyl (C=O) groups is 1. The van der Waals surface area contributed by atoms with Gasteiger partial charge in [-0.1, -0.05) is 6.92 Å². The van der Waals surface area contributed by atoms with E-state index in [1.807, 2.05) is 16.7 Å². The number of nitrogens with zero attached hydrogens (tertiary/aromatic N) is 1. The molecule has 1 aliphatic heterocycles. The Labute approximate surface area is 90.7 Å². The Morgan fingerprint density at radius 1 is 1.57 bits per heavy atom. The average molecular weight is 213 g/mol. The lowest BCUT2D eigenvalue weighted by Gasteiger charge is -2.33. The van der Waals surface area contributed by atoms with Crippen molar-refractivity contribution in [2.75, 3.05) is 5.75 Å². The summed E-state index contributed by atoms with van der Waals surface area (Å²) in [6.07, 6.45) is 1.71. The van der Waals surface area contributed by atoms with Crippen LogP contribution in [0.15, 0.2) is 10.6 Å². The van der Waals surface area contributed by atoms with Gasteiger partial charge in [0, 0.05) is 18.2 Å². The second kappa shape index (κ2) is 4.87. The standard InChI is InChI=1S/C11H19NOS/c1-5-9(4)11-12(8(2)3)10(13)6-7-14-11/h8H,5-7H2,1-4H3. The van der Waals surface area contributed by atoms with Crippen molar-refractivity contribution in [2.45, 2.75) is 46.6 Å². The molecule has 0 aromatic carbocycles. The van der Waals surface area contributed by atoms with Crippen LogP contribution >= 0.6 is 11.8 Å². The van der Waals surface area contributed by atoms with Crippen molar-refractivity contribution in [3.8, 4) is 0 Å². The fourth-order valence-electron chi connectivity index (χ4n) is 1.54. The number of allylic oxidation sites excluding steroid dienone is 1. The zero-order valence-electron chi connectivity index (χ0n) is 9.46. The molecule has 1 fully saturated rings. The van der Waals surface area contributed by atoms with Gasteiger partial charge in [0.2, 0.25) is 5.91 Å². The third-order valence-electron chi connectivity index (χ3n) is 2.45. The summed E-state index contributed by atoms with van der Waals surface area (Å²) in [5.74, 6) is 1.22. The maximum Gasteiger partial charge on any atom is 0.228 e. The number of carbonyl (C=O) groups excluding carboxylic acids is 1. The number of rotatable bonds is 2. The van der Waals surface area contributed by atoms with Gasteiger partial charge >= 0.3 is 0 Å². The molecule has 1 heterocycles. The molecule has 2 nitrogen and oxygen atoms in total. The molecule has 14 heavy (non-hydrogen) atoms. The largest absolute Gasteiger partial charge is 0.304 e. The summed E-state index contributed by atoms with van der Waals surface area (Å²) in [4.78, 5) is 13.7. The number of hydrogen-bond acceptors (Lipinski definition) is 2. The lowest BCUT2D eigenvalue weighted by atomic mass is 10.2. The summed E-state index contributed by atoms with van der Waals surface area (Å²) in [6.45, 7) is 8.41. The van der Waals surface area contributed by atoms with Gasteiger partial charge < -0.3 is 4.90 Å². The Hall–Kier alpha value is -0.440. The van der Waals surface area contributed by atoms with Gasteiger partial charge in [-0.2, -0.15) is 0 Å². The minimum Gasteiger partial charge on any atom is -0.304 e. The Morgan fingerprint density at radius 3 is 2.71 bits per heavy atom. The molecule has 0 atom stereocenters. The minimum atomic E-state index is 0.279. The van der Waals surface area contributed by atoms with Crippen LogP contribution in [0.25, 0.3) is 0 Å². The SMILES string of the molecule is CCC(C)=C1SCCC(=O)N1C(C)C. The molecule has 0 aliphatic carbocycles. The van der Waals surface area contributed by atoms with Crippen molar-refractivity contribution < 1.29 is 4.79 Å². The van der Waals surface area contributed by atoms with Crippen LogP contribution in [0.1, 0.15) is 40.5 Å². The van der Waals surface area contributed by atoms with Crippen molar-refractivity contribution in [1.29, 1.82) is 0 Å². The summed E-state index contributed by atoms with van der Waals surface area (Å²) in [6, 6.07) is 0.284. The maximum absolute atomic E-state index is 11.7. The monoisotopic (exact) mass is 213 g/mol. The zero-order valence-corrected chi connectivity index (χ0v) is 10.3. The highest BCUT2D eigenvalue weighted by molar-refractivity contribution is 8.03. The Bertz CT molecular complexity index is 258. The van der Waals surface area contributed by atoms with E-state index in [2.05, 4.69) is 27.7 Å². The highest BCUT2D eigenvalue weighted by atomic mass is 32.2. The lowest BCUT2D eigenvalue weighted by Crippen LogP contribution is -2.38. The van der Waals surface area contributed by atoms with Crippen molar-refractivity contribution in [2.24, 2.45) is 0 Å². The molecule has 1 amide bonds. The van der Waals surface area contributed by atoms with Crippen LogP contribution in [0.3, 0.4) is 0 Å². The maximum atomic E-state index is 11.7. The van der Waals surface area contributed by atoms with E-state index in [1.54, 1.807) is 0 Å². The normalized spacial score (nSPS) is 21.8. The third-order valence-corrected chi connectivity index (χ3v) is 3.68. The van der Waals surface area contributed by atoms with E-state index in [0.717, 1.165) is 12.2 Å². The summed E-state index contributed by atoms with van der Waals surface area (Å²) in [7, 11) is 0. The Kier molecular flexibility index (Phi) is 4.05. The molecule has 0 spiro atoms. The molecular weight excluding hydrogens is 194 g/mol. The van der Waals surface area contributed by atoms with Gasteiger partial charge in [0.1, 0.15) is 0 Å². The minimum absolute atomic E-state index is 0.279. The summed E-state index contributed by atoms with van der Waals surface area (Å²) in [5, 5.41) is 1.19. The quantitative estimate of drug-likeness (QED) is 0.703. The van der Waals surface area contributed by atoms with E-state index in [9.17, 15) is 4.79 Å². The molecule has 0 unspecified atom stereocenters. The molecule has 1 saturated heterocycles. The number of hydrogen-bond donors (Lipinski definition) is 0. The summed E-state index contributed by atoms with van der Waals surface area (Å²) in [5.41, 5.74) is 1.33. The third kappa shape index (κ3) is 2.32. The number of thioether (sulfide) groups is 1.